The number of benzene rings is 6. The highest BCUT2D eigenvalue weighted by Crippen LogP contribution is 2.56. The maximum atomic E-state index is 6.20. The van der Waals surface area contributed by atoms with Crippen LogP contribution in [0.3, 0.4) is 0 Å². The molecule has 3 aromatic heterocycles. The van der Waals surface area contributed by atoms with E-state index in [9.17, 15) is 0 Å². The van der Waals surface area contributed by atoms with Crippen LogP contribution >= 0.6 is 0 Å². The molecular weight excluding hydrogens is 685 g/mol. The first-order valence-electron chi connectivity index (χ1n) is 19.9. The first-order valence-corrected chi connectivity index (χ1v) is 19.9. The SMILES string of the molecule is C1=C2\C/C(=C3/c4ccccc4N(c4ccccc4)C3CC/1)N(c1ccccc1)c1c2ccc2c1c1ccccc1n2-c1ccc2oc3cccnc3c2c1.CC. The number of rotatable bonds is 3. The summed E-state index contributed by atoms with van der Waals surface area (Å²) in [6.07, 6.45) is 7.27. The van der Waals surface area contributed by atoms with Crippen LogP contribution < -0.4 is 9.80 Å². The van der Waals surface area contributed by atoms with Crippen molar-refractivity contribution in [3.8, 4) is 5.69 Å². The first-order chi connectivity index (χ1) is 27.8. The van der Waals surface area contributed by atoms with Crippen LogP contribution in [0.2, 0.25) is 0 Å². The van der Waals surface area contributed by atoms with Crippen LogP contribution in [0.1, 0.15) is 44.2 Å². The molecule has 12 rings (SSSR count). The van der Waals surface area contributed by atoms with Crippen molar-refractivity contribution in [2.24, 2.45) is 0 Å². The summed E-state index contributed by atoms with van der Waals surface area (Å²) in [4.78, 5) is 9.91. The van der Waals surface area contributed by atoms with Crippen molar-refractivity contribution in [3.05, 3.63) is 181 Å². The van der Waals surface area contributed by atoms with E-state index in [4.69, 9.17) is 9.40 Å². The fraction of sp³-hybridized carbons (Fsp3) is 0.118. The van der Waals surface area contributed by atoms with Crippen molar-refractivity contribution in [1.82, 2.24) is 9.55 Å². The van der Waals surface area contributed by atoms with E-state index >= 15 is 0 Å². The topological polar surface area (TPSA) is 37.4 Å². The van der Waals surface area contributed by atoms with E-state index < -0.39 is 0 Å². The normalized spacial score (nSPS) is 18.2. The molecule has 0 saturated heterocycles. The summed E-state index contributed by atoms with van der Waals surface area (Å²) < 4.78 is 8.63. The number of furan rings is 1. The van der Waals surface area contributed by atoms with Crippen LogP contribution in [-0.4, -0.2) is 15.6 Å². The molecule has 0 fully saturated rings. The summed E-state index contributed by atoms with van der Waals surface area (Å²) in [5, 5.41) is 3.51. The van der Waals surface area contributed by atoms with Crippen LogP contribution in [0.5, 0.6) is 0 Å². The highest BCUT2D eigenvalue weighted by molar-refractivity contribution is 6.19. The molecule has 5 heteroatoms. The van der Waals surface area contributed by atoms with Crippen LogP contribution in [0.4, 0.5) is 22.7 Å². The van der Waals surface area contributed by atoms with Crippen LogP contribution in [0.15, 0.2) is 174 Å². The monoisotopic (exact) mass is 724 g/mol. The third kappa shape index (κ3) is 4.70. The summed E-state index contributed by atoms with van der Waals surface area (Å²) in [7, 11) is 0. The lowest BCUT2D eigenvalue weighted by Gasteiger charge is -2.40. The molecule has 0 spiro atoms. The van der Waals surface area contributed by atoms with Crippen molar-refractivity contribution in [2.45, 2.75) is 39.2 Å². The zero-order valence-corrected chi connectivity index (χ0v) is 31.5. The molecule has 0 radical (unpaired) electrons. The average molecular weight is 725 g/mol. The molecule has 5 nitrogen and oxygen atoms in total. The molecule has 1 unspecified atom stereocenters. The van der Waals surface area contributed by atoms with Gasteiger partial charge in [-0.15, -0.1) is 0 Å². The number of aromatic nitrogens is 2. The quantitative estimate of drug-likeness (QED) is 0.182. The van der Waals surface area contributed by atoms with Crippen molar-refractivity contribution in [3.63, 3.8) is 0 Å². The zero-order valence-electron chi connectivity index (χ0n) is 31.5. The number of allylic oxidation sites excluding steroid dienone is 2. The van der Waals surface area contributed by atoms with Crippen LogP contribution in [-0.2, 0) is 0 Å². The number of nitrogens with zero attached hydrogens (tertiary/aromatic N) is 4. The molecule has 2 bridgehead atoms. The number of hydrogen-bond acceptors (Lipinski definition) is 4. The Kier molecular flexibility index (Phi) is 7.49. The standard InChI is InChI=1S/C49H34N4O.C2H6/c1-3-14-32(15-4-1)51-39-20-9-7-18-36(39)46-41(51)22-11-13-31-29-43(46)53(33-16-5-2-6-17-33)49-35(31)25-26-42-47(49)37-19-8-10-21-40(37)52(42)34-24-27-44-38(30-34)48-45(54-44)23-12-28-50-48;1-2/h1-10,12-21,23-28,30,41H,11,22,29H2;1-2H3/b31-13+,46-43+;. The van der Waals surface area contributed by atoms with Crippen molar-refractivity contribution in [1.29, 1.82) is 0 Å². The lowest BCUT2D eigenvalue weighted by atomic mass is 9.83. The molecule has 1 aliphatic carbocycles. The van der Waals surface area contributed by atoms with E-state index in [2.05, 4.69) is 160 Å². The van der Waals surface area contributed by atoms with E-state index in [-0.39, 0.29) is 6.04 Å². The van der Waals surface area contributed by atoms with Gasteiger partial charge in [0.05, 0.1) is 22.8 Å². The third-order valence-electron chi connectivity index (χ3n) is 11.8. The molecule has 0 saturated carbocycles. The molecule has 56 heavy (non-hydrogen) atoms. The molecule has 270 valence electrons. The molecule has 9 aromatic rings. The van der Waals surface area contributed by atoms with E-state index in [1.54, 1.807) is 0 Å². The van der Waals surface area contributed by atoms with Gasteiger partial charge in [-0.1, -0.05) is 98.8 Å². The minimum atomic E-state index is 0.205. The molecule has 0 amide bonds. The molecule has 0 N–H and O–H groups in total. The largest absolute Gasteiger partial charge is 0.454 e. The maximum absolute atomic E-state index is 6.20. The predicted octanol–water partition coefficient (Wildman–Crippen LogP) is 13.8. The van der Waals surface area contributed by atoms with Gasteiger partial charge in [-0.25, -0.2) is 0 Å². The molecule has 6 aromatic carbocycles. The summed E-state index contributed by atoms with van der Waals surface area (Å²) in [5.41, 5.74) is 17.8. The van der Waals surface area contributed by atoms with Gasteiger partial charge in [0.2, 0.25) is 0 Å². The van der Waals surface area contributed by atoms with Crippen molar-refractivity contribution >= 4 is 77.8 Å². The number of hydrogen-bond donors (Lipinski definition) is 0. The van der Waals surface area contributed by atoms with Gasteiger partial charge >= 0.3 is 0 Å². The summed E-state index contributed by atoms with van der Waals surface area (Å²) in [6.45, 7) is 4.00. The van der Waals surface area contributed by atoms with Gasteiger partial charge in [-0.3, -0.25) is 4.98 Å². The smallest absolute Gasteiger partial charge is 0.153 e. The maximum Gasteiger partial charge on any atom is 0.153 e. The molecule has 2 aliphatic heterocycles. The molecule has 3 aliphatic rings. The van der Waals surface area contributed by atoms with Gasteiger partial charge in [0.1, 0.15) is 11.1 Å². The van der Waals surface area contributed by atoms with Gasteiger partial charge in [-0.05, 0) is 91.2 Å². The van der Waals surface area contributed by atoms with Gasteiger partial charge < -0.3 is 18.8 Å². The first kappa shape index (κ1) is 32.6. The highest BCUT2D eigenvalue weighted by Gasteiger charge is 2.41. The Hall–Kier alpha value is -6.85. The lowest BCUT2D eigenvalue weighted by Crippen LogP contribution is -2.31. The van der Waals surface area contributed by atoms with E-state index in [1.165, 1.54) is 72.5 Å². The second-order valence-electron chi connectivity index (χ2n) is 14.6. The Labute approximate surface area is 326 Å². The Morgan fingerprint density at radius 2 is 1.39 bits per heavy atom. The van der Waals surface area contributed by atoms with E-state index in [0.717, 1.165) is 47.0 Å². The minimum Gasteiger partial charge on any atom is -0.454 e. The van der Waals surface area contributed by atoms with Gasteiger partial charge in [0.25, 0.3) is 0 Å². The van der Waals surface area contributed by atoms with Crippen molar-refractivity contribution in [2.75, 3.05) is 9.80 Å². The fourth-order valence-corrected chi connectivity index (χ4v) is 9.62. The Balaban J connectivity index is 0.00000179. The molecular formula is C51H40N4O. The number of pyridine rings is 1. The number of anilines is 4. The summed E-state index contributed by atoms with van der Waals surface area (Å²) in [5.74, 6) is 0. The average Bonchev–Trinajstić information content (AvgIpc) is 3.91. The summed E-state index contributed by atoms with van der Waals surface area (Å²) in [6, 6.07) is 55.3. The Morgan fingerprint density at radius 3 is 2.25 bits per heavy atom. The predicted molar refractivity (Wildman–Crippen MR) is 233 cm³/mol. The van der Waals surface area contributed by atoms with E-state index in [1.807, 2.05) is 32.2 Å². The second-order valence-corrected chi connectivity index (χ2v) is 14.6. The highest BCUT2D eigenvalue weighted by atomic mass is 16.3. The molecule has 1 atom stereocenters. The number of para-hydroxylation sites is 4. The van der Waals surface area contributed by atoms with Crippen LogP contribution in [0, 0.1) is 0 Å². The minimum absolute atomic E-state index is 0.205. The number of fused-ring (bicyclic) bond motifs is 14. The third-order valence-corrected chi connectivity index (χ3v) is 11.8. The van der Waals surface area contributed by atoms with Gasteiger partial charge in [0.15, 0.2) is 5.58 Å². The second kappa shape index (κ2) is 12.9. The Morgan fingerprint density at radius 1 is 0.625 bits per heavy atom. The van der Waals surface area contributed by atoms with Crippen LogP contribution in [0.25, 0.3) is 60.7 Å². The van der Waals surface area contributed by atoms with Gasteiger partial charge in [-0.2, -0.15) is 0 Å². The Bertz CT molecular complexity index is 3040. The zero-order chi connectivity index (χ0) is 37.3. The lowest BCUT2D eigenvalue weighted by molar-refractivity contribution is 0.668. The van der Waals surface area contributed by atoms with Crippen molar-refractivity contribution < 1.29 is 4.42 Å². The molecule has 5 heterocycles. The summed E-state index contributed by atoms with van der Waals surface area (Å²) >= 11 is 0. The fourth-order valence-electron chi connectivity index (χ4n) is 9.62. The van der Waals surface area contributed by atoms with Gasteiger partial charge in [0, 0.05) is 73.9 Å². The van der Waals surface area contributed by atoms with E-state index in [0.29, 0.717) is 0 Å².